The van der Waals surface area contributed by atoms with E-state index in [0.717, 1.165) is 5.69 Å². The van der Waals surface area contributed by atoms with E-state index in [1.54, 1.807) is 12.1 Å². The molecule has 0 radical (unpaired) electrons. The van der Waals surface area contributed by atoms with Gasteiger partial charge in [0.05, 0.1) is 22.6 Å². The van der Waals surface area contributed by atoms with Crippen LogP contribution in [0.15, 0.2) is 18.8 Å². The summed E-state index contributed by atoms with van der Waals surface area (Å²) in [6.07, 6.45) is 3.13. The van der Waals surface area contributed by atoms with Gasteiger partial charge in [0.25, 0.3) is 0 Å². The van der Waals surface area contributed by atoms with Crippen LogP contribution in [-0.2, 0) is 0 Å². The normalized spacial score (nSPS) is 9.30. The van der Waals surface area contributed by atoms with Crippen LogP contribution in [0.4, 0.5) is 5.69 Å². The largest absolute Gasteiger partial charge is 0.396 e. The van der Waals surface area contributed by atoms with Gasteiger partial charge in [-0.15, -0.1) is 0 Å². The summed E-state index contributed by atoms with van der Waals surface area (Å²) in [5.41, 5.74) is 6.64. The van der Waals surface area contributed by atoms with Crippen molar-refractivity contribution in [2.75, 3.05) is 5.73 Å². The molecule has 0 aromatic carbocycles. The van der Waals surface area contributed by atoms with Crippen molar-refractivity contribution in [3.8, 4) is 0 Å². The average molecular weight is 155 g/mol. The van der Waals surface area contributed by atoms with Gasteiger partial charge in [-0.25, -0.2) is 0 Å². The highest BCUT2D eigenvalue weighted by molar-refractivity contribution is 6.33. The SMILES string of the molecule is C=Cc1cc(Cl)c(N)cn1. The second kappa shape index (κ2) is 2.71. The standard InChI is InChI=1S/C7H7ClN2/c1-2-5-3-6(8)7(9)4-10-5/h2-4H,1,9H2. The molecule has 2 N–H and O–H groups in total. The van der Waals surface area contributed by atoms with Gasteiger partial charge in [-0.05, 0) is 12.1 Å². The van der Waals surface area contributed by atoms with E-state index in [0.29, 0.717) is 10.7 Å². The Morgan fingerprint density at radius 3 is 2.90 bits per heavy atom. The minimum atomic E-state index is 0.493. The zero-order chi connectivity index (χ0) is 7.56. The van der Waals surface area contributed by atoms with Gasteiger partial charge >= 0.3 is 0 Å². The number of rotatable bonds is 1. The average Bonchev–Trinajstić information content (AvgIpc) is 1.95. The summed E-state index contributed by atoms with van der Waals surface area (Å²) in [6, 6.07) is 1.67. The quantitative estimate of drug-likeness (QED) is 0.672. The van der Waals surface area contributed by atoms with Gasteiger partial charge in [-0.1, -0.05) is 18.2 Å². The van der Waals surface area contributed by atoms with E-state index in [1.807, 2.05) is 0 Å². The fourth-order valence-corrected chi connectivity index (χ4v) is 0.728. The maximum atomic E-state index is 5.68. The number of nitrogens with two attached hydrogens (primary N) is 1. The molecule has 0 aliphatic heterocycles. The number of aromatic nitrogens is 1. The molecule has 0 spiro atoms. The third-order valence-corrected chi connectivity index (χ3v) is 1.44. The minimum absolute atomic E-state index is 0.493. The van der Waals surface area contributed by atoms with E-state index in [4.69, 9.17) is 17.3 Å². The molecule has 3 heteroatoms. The summed E-state index contributed by atoms with van der Waals surface area (Å²) in [6.45, 7) is 3.54. The molecule has 1 aromatic heterocycles. The smallest absolute Gasteiger partial charge is 0.0690 e. The molecule has 0 bridgehead atoms. The fraction of sp³-hybridized carbons (Fsp3) is 0. The zero-order valence-electron chi connectivity index (χ0n) is 5.34. The van der Waals surface area contributed by atoms with Crippen LogP contribution in [0.25, 0.3) is 6.08 Å². The van der Waals surface area contributed by atoms with Gasteiger partial charge in [0.15, 0.2) is 0 Å². The fourth-order valence-electron chi connectivity index (χ4n) is 0.568. The molecule has 0 fully saturated rings. The van der Waals surface area contributed by atoms with Crippen LogP contribution in [-0.4, -0.2) is 4.98 Å². The van der Waals surface area contributed by atoms with Gasteiger partial charge in [-0.2, -0.15) is 0 Å². The molecular formula is C7H7ClN2. The van der Waals surface area contributed by atoms with Crippen LogP contribution < -0.4 is 5.73 Å². The summed E-state index contributed by atoms with van der Waals surface area (Å²) < 4.78 is 0. The maximum Gasteiger partial charge on any atom is 0.0690 e. The van der Waals surface area contributed by atoms with Gasteiger partial charge in [0.2, 0.25) is 0 Å². The second-order valence-corrected chi connectivity index (χ2v) is 2.24. The molecule has 0 saturated heterocycles. The monoisotopic (exact) mass is 154 g/mol. The molecular weight excluding hydrogens is 148 g/mol. The molecule has 1 aromatic rings. The van der Waals surface area contributed by atoms with Crippen molar-refractivity contribution in [2.45, 2.75) is 0 Å². The lowest BCUT2D eigenvalue weighted by atomic mass is 10.3. The summed E-state index contributed by atoms with van der Waals surface area (Å²) in [5, 5.41) is 0.518. The minimum Gasteiger partial charge on any atom is -0.396 e. The first-order valence-corrected chi connectivity index (χ1v) is 3.15. The predicted octanol–water partition coefficient (Wildman–Crippen LogP) is 1.96. The summed E-state index contributed by atoms with van der Waals surface area (Å²) >= 11 is 5.68. The summed E-state index contributed by atoms with van der Waals surface area (Å²) in [7, 11) is 0. The Bertz CT molecular complexity index is 258. The van der Waals surface area contributed by atoms with Crippen molar-refractivity contribution < 1.29 is 0 Å². The highest BCUT2D eigenvalue weighted by atomic mass is 35.5. The Balaban J connectivity index is 3.16. The second-order valence-electron chi connectivity index (χ2n) is 1.83. The molecule has 0 saturated carbocycles. The highest BCUT2D eigenvalue weighted by Crippen LogP contribution is 2.17. The number of anilines is 1. The van der Waals surface area contributed by atoms with E-state index in [2.05, 4.69) is 11.6 Å². The number of hydrogen-bond donors (Lipinski definition) is 1. The molecule has 52 valence electrons. The van der Waals surface area contributed by atoms with E-state index >= 15 is 0 Å². The van der Waals surface area contributed by atoms with Crippen LogP contribution in [0.1, 0.15) is 5.69 Å². The summed E-state index contributed by atoms with van der Waals surface area (Å²) in [4.78, 5) is 3.93. The molecule has 10 heavy (non-hydrogen) atoms. The lowest BCUT2D eigenvalue weighted by molar-refractivity contribution is 1.30. The Morgan fingerprint density at radius 1 is 1.70 bits per heavy atom. The third kappa shape index (κ3) is 1.28. The van der Waals surface area contributed by atoms with Crippen molar-refractivity contribution in [2.24, 2.45) is 0 Å². The molecule has 0 amide bonds. The first-order valence-electron chi connectivity index (χ1n) is 2.77. The van der Waals surface area contributed by atoms with Crippen molar-refractivity contribution in [1.29, 1.82) is 0 Å². The number of halogens is 1. The zero-order valence-corrected chi connectivity index (χ0v) is 6.10. The van der Waals surface area contributed by atoms with Crippen molar-refractivity contribution in [3.63, 3.8) is 0 Å². The van der Waals surface area contributed by atoms with Crippen molar-refractivity contribution >= 4 is 23.4 Å². The Hall–Kier alpha value is -1.02. The van der Waals surface area contributed by atoms with Gasteiger partial charge in [0.1, 0.15) is 0 Å². The molecule has 1 heterocycles. The number of pyridine rings is 1. The molecule has 0 aliphatic carbocycles. The lowest BCUT2D eigenvalue weighted by Gasteiger charge is -1.96. The number of nitrogen functional groups attached to an aromatic ring is 1. The van der Waals surface area contributed by atoms with Crippen LogP contribution in [0.2, 0.25) is 5.02 Å². The maximum absolute atomic E-state index is 5.68. The van der Waals surface area contributed by atoms with Crippen molar-refractivity contribution in [3.05, 3.63) is 29.6 Å². The van der Waals surface area contributed by atoms with Crippen LogP contribution >= 0.6 is 11.6 Å². The van der Waals surface area contributed by atoms with E-state index < -0.39 is 0 Å². The molecule has 0 aliphatic rings. The van der Waals surface area contributed by atoms with Gasteiger partial charge < -0.3 is 5.73 Å². The van der Waals surface area contributed by atoms with E-state index in [9.17, 15) is 0 Å². The van der Waals surface area contributed by atoms with Gasteiger partial charge in [-0.3, -0.25) is 4.98 Å². The van der Waals surface area contributed by atoms with Crippen LogP contribution in [0.5, 0.6) is 0 Å². The van der Waals surface area contributed by atoms with Crippen LogP contribution in [0, 0.1) is 0 Å². The molecule has 0 unspecified atom stereocenters. The Labute approximate surface area is 64.3 Å². The number of hydrogen-bond acceptors (Lipinski definition) is 2. The Kier molecular flexibility index (Phi) is 1.92. The van der Waals surface area contributed by atoms with E-state index in [1.165, 1.54) is 6.20 Å². The number of nitrogens with zero attached hydrogens (tertiary/aromatic N) is 1. The predicted molar refractivity (Wildman–Crippen MR) is 43.8 cm³/mol. The van der Waals surface area contributed by atoms with E-state index in [-0.39, 0.29) is 0 Å². The van der Waals surface area contributed by atoms with Crippen molar-refractivity contribution in [1.82, 2.24) is 4.98 Å². The highest BCUT2D eigenvalue weighted by Gasteiger charge is 1.94. The first kappa shape index (κ1) is 7.09. The lowest BCUT2D eigenvalue weighted by Crippen LogP contribution is -1.88. The topological polar surface area (TPSA) is 38.9 Å². The van der Waals surface area contributed by atoms with Crippen LogP contribution in [0.3, 0.4) is 0 Å². The molecule has 1 rings (SSSR count). The first-order chi connectivity index (χ1) is 4.74. The molecule has 2 nitrogen and oxygen atoms in total. The summed E-state index contributed by atoms with van der Waals surface area (Å²) in [5.74, 6) is 0. The molecule has 0 atom stereocenters. The van der Waals surface area contributed by atoms with Gasteiger partial charge in [0, 0.05) is 0 Å². The Morgan fingerprint density at radius 2 is 2.40 bits per heavy atom. The third-order valence-electron chi connectivity index (χ3n) is 1.11.